The number of ether oxygens (including phenoxy) is 1. The molecule has 0 radical (unpaired) electrons. The van der Waals surface area contributed by atoms with Gasteiger partial charge in [0.2, 0.25) is 5.92 Å². The van der Waals surface area contributed by atoms with Crippen LogP contribution in [0.2, 0.25) is 0 Å². The van der Waals surface area contributed by atoms with Crippen molar-refractivity contribution < 1.29 is 40.9 Å². The van der Waals surface area contributed by atoms with Gasteiger partial charge >= 0.3 is 12.2 Å². The Bertz CT molecular complexity index is 1490. The standard InChI is InChI=1S/C24H26F5N9O4/c1-12-17(36-42-35-12)19(39)34-18(13-2-4-23(25,26)5-3-13)14-9-38-20(31-14)32-15(8-30-38)22(6-7-41-11-22)37-10-16(24(27,28)29)33-21(37)40/h8-9,13,16,18H,2-7,10-11H2,1H3,(H,33,40)(H,34,39)/t16-,18-,22-/m0/s1. The molecule has 0 unspecified atom stereocenters. The fourth-order valence-corrected chi connectivity index (χ4v) is 5.84. The lowest BCUT2D eigenvalue weighted by molar-refractivity contribution is -0.151. The molecule has 3 atom stereocenters. The van der Waals surface area contributed by atoms with E-state index in [2.05, 4.69) is 35.3 Å². The van der Waals surface area contributed by atoms with Crippen molar-refractivity contribution in [3.8, 4) is 0 Å². The molecule has 226 valence electrons. The molecule has 13 nitrogen and oxygen atoms in total. The normalized spacial score (nSPS) is 25.6. The average Bonchev–Trinajstić information content (AvgIpc) is 3.72. The number of nitrogens with one attached hydrogen (secondary N) is 2. The minimum absolute atomic E-state index is 0.0421. The quantitative estimate of drug-likeness (QED) is 0.408. The number of aryl methyl sites for hydroxylation is 1. The van der Waals surface area contributed by atoms with Crippen LogP contribution in [-0.4, -0.2) is 84.6 Å². The van der Waals surface area contributed by atoms with Gasteiger partial charge in [0.15, 0.2) is 5.69 Å². The van der Waals surface area contributed by atoms with Gasteiger partial charge in [0, 0.05) is 25.9 Å². The molecule has 18 heteroatoms. The Morgan fingerprint density at radius 1 is 1.19 bits per heavy atom. The number of fused-ring (bicyclic) bond motifs is 1. The highest BCUT2D eigenvalue weighted by Crippen LogP contribution is 2.42. The largest absolute Gasteiger partial charge is 0.410 e. The zero-order valence-corrected chi connectivity index (χ0v) is 22.2. The third-order valence-electron chi connectivity index (χ3n) is 8.22. The van der Waals surface area contributed by atoms with E-state index in [-0.39, 0.29) is 73.9 Å². The second-order valence-electron chi connectivity index (χ2n) is 10.9. The first-order chi connectivity index (χ1) is 19.9. The fraction of sp³-hybridized carbons (Fsp3) is 0.625. The molecule has 3 amide bonds. The SMILES string of the molecule is Cc1nonc1C(=O)N[C@H](c1cn2ncc([C@]3(N4C[C@@H](C(F)(F)F)NC4=O)CCOC3)nc2n1)C1CCC(F)(F)CC1. The number of hydrogen-bond donors (Lipinski definition) is 2. The first-order valence-electron chi connectivity index (χ1n) is 13.3. The van der Waals surface area contributed by atoms with Crippen LogP contribution in [0.1, 0.15) is 65.7 Å². The first-order valence-corrected chi connectivity index (χ1v) is 13.3. The molecule has 2 aliphatic heterocycles. The molecule has 3 fully saturated rings. The van der Waals surface area contributed by atoms with Gasteiger partial charge in [0.05, 0.1) is 43.0 Å². The van der Waals surface area contributed by atoms with E-state index in [1.165, 1.54) is 23.8 Å². The fourth-order valence-electron chi connectivity index (χ4n) is 5.84. The number of amides is 3. The maximum absolute atomic E-state index is 14.0. The van der Waals surface area contributed by atoms with Crippen molar-refractivity contribution in [2.45, 2.75) is 68.7 Å². The summed E-state index contributed by atoms with van der Waals surface area (Å²) in [6.07, 6.45) is -2.12. The van der Waals surface area contributed by atoms with Crippen LogP contribution < -0.4 is 10.6 Å². The van der Waals surface area contributed by atoms with Crippen LogP contribution in [0.4, 0.5) is 26.7 Å². The van der Waals surface area contributed by atoms with Crippen LogP contribution >= 0.6 is 0 Å². The van der Waals surface area contributed by atoms with Gasteiger partial charge in [0.25, 0.3) is 11.7 Å². The van der Waals surface area contributed by atoms with Crippen LogP contribution in [-0.2, 0) is 10.3 Å². The monoisotopic (exact) mass is 599 g/mol. The Hall–Kier alpha value is -3.96. The lowest BCUT2D eigenvalue weighted by Crippen LogP contribution is -2.49. The molecule has 3 aromatic rings. The van der Waals surface area contributed by atoms with E-state index in [9.17, 15) is 31.5 Å². The van der Waals surface area contributed by atoms with E-state index in [1.807, 2.05) is 5.32 Å². The van der Waals surface area contributed by atoms with Crippen molar-refractivity contribution in [3.05, 3.63) is 35.2 Å². The molecule has 2 N–H and O–H groups in total. The summed E-state index contributed by atoms with van der Waals surface area (Å²) in [5.41, 5.74) is -0.660. The Balaban J connectivity index is 1.33. The number of carbonyl (C=O) groups is 2. The maximum Gasteiger partial charge on any atom is 0.410 e. The number of alkyl halides is 5. The summed E-state index contributed by atoms with van der Waals surface area (Å²) >= 11 is 0. The summed E-state index contributed by atoms with van der Waals surface area (Å²) in [5, 5.41) is 16.3. The van der Waals surface area contributed by atoms with Gasteiger partial charge < -0.3 is 20.3 Å². The Labute approximate surface area is 234 Å². The summed E-state index contributed by atoms with van der Waals surface area (Å²) in [5.74, 6) is -3.80. The zero-order valence-electron chi connectivity index (χ0n) is 22.2. The topological polar surface area (TPSA) is 153 Å². The maximum atomic E-state index is 14.0. The van der Waals surface area contributed by atoms with Gasteiger partial charge in [-0.2, -0.15) is 18.3 Å². The number of rotatable bonds is 6. The van der Waals surface area contributed by atoms with E-state index in [4.69, 9.17) is 4.74 Å². The molecule has 3 aromatic heterocycles. The van der Waals surface area contributed by atoms with Gasteiger partial charge in [-0.25, -0.2) is 32.7 Å². The van der Waals surface area contributed by atoms with E-state index < -0.39 is 54.1 Å². The summed E-state index contributed by atoms with van der Waals surface area (Å²) < 4.78 is 79.6. The molecule has 0 spiro atoms. The van der Waals surface area contributed by atoms with Crippen LogP contribution in [0.5, 0.6) is 0 Å². The molecule has 0 aromatic carbocycles. The number of carbonyl (C=O) groups excluding carboxylic acids is 2. The van der Waals surface area contributed by atoms with Crippen LogP contribution in [0, 0.1) is 12.8 Å². The Morgan fingerprint density at radius 2 is 1.95 bits per heavy atom. The third-order valence-corrected chi connectivity index (χ3v) is 8.22. The van der Waals surface area contributed by atoms with Crippen molar-refractivity contribution >= 4 is 17.7 Å². The Morgan fingerprint density at radius 3 is 2.57 bits per heavy atom. The van der Waals surface area contributed by atoms with Crippen LogP contribution in [0.15, 0.2) is 17.0 Å². The van der Waals surface area contributed by atoms with Gasteiger partial charge in [-0.15, -0.1) is 0 Å². The molecular weight excluding hydrogens is 573 g/mol. The first kappa shape index (κ1) is 28.2. The van der Waals surface area contributed by atoms with E-state index >= 15 is 0 Å². The minimum atomic E-state index is -4.64. The van der Waals surface area contributed by atoms with Gasteiger partial charge in [-0.05, 0) is 30.8 Å². The molecular formula is C24H26F5N9O4. The second kappa shape index (κ2) is 10.1. The number of imidazole rings is 1. The molecule has 42 heavy (non-hydrogen) atoms. The van der Waals surface area contributed by atoms with Crippen LogP contribution in [0.3, 0.4) is 0 Å². The predicted molar refractivity (Wildman–Crippen MR) is 129 cm³/mol. The predicted octanol–water partition coefficient (Wildman–Crippen LogP) is 2.68. The van der Waals surface area contributed by atoms with Crippen molar-refractivity contribution in [2.24, 2.45) is 5.92 Å². The van der Waals surface area contributed by atoms with Crippen molar-refractivity contribution in [2.75, 3.05) is 19.8 Å². The van der Waals surface area contributed by atoms with E-state index in [1.54, 1.807) is 0 Å². The third kappa shape index (κ3) is 5.00. The minimum Gasteiger partial charge on any atom is -0.378 e. The number of aromatic nitrogens is 6. The molecule has 1 aliphatic carbocycles. The number of halogens is 5. The summed E-state index contributed by atoms with van der Waals surface area (Å²) in [6, 6.07) is -3.77. The number of hydrogen-bond acceptors (Lipinski definition) is 9. The number of nitrogens with zero attached hydrogens (tertiary/aromatic N) is 7. The molecule has 2 saturated heterocycles. The lowest BCUT2D eigenvalue weighted by Gasteiger charge is -2.35. The summed E-state index contributed by atoms with van der Waals surface area (Å²) in [6.45, 7) is 0.990. The zero-order chi connectivity index (χ0) is 29.9. The lowest BCUT2D eigenvalue weighted by atomic mass is 9.81. The molecule has 5 heterocycles. The molecule has 1 saturated carbocycles. The second-order valence-corrected chi connectivity index (χ2v) is 10.9. The van der Waals surface area contributed by atoms with Gasteiger partial charge in [0.1, 0.15) is 17.3 Å². The highest BCUT2D eigenvalue weighted by Gasteiger charge is 2.55. The Kier molecular flexibility index (Phi) is 6.77. The highest BCUT2D eigenvalue weighted by molar-refractivity contribution is 5.93. The van der Waals surface area contributed by atoms with Crippen molar-refractivity contribution in [1.29, 1.82) is 0 Å². The van der Waals surface area contributed by atoms with Crippen molar-refractivity contribution in [3.63, 3.8) is 0 Å². The summed E-state index contributed by atoms with van der Waals surface area (Å²) in [7, 11) is 0. The summed E-state index contributed by atoms with van der Waals surface area (Å²) in [4.78, 5) is 35.8. The molecule has 3 aliphatic rings. The smallest absolute Gasteiger partial charge is 0.378 e. The van der Waals surface area contributed by atoms with Crippen molar-refractivity contribution in [1.82, 2.24) is 45.4 Å². The highest BCUT2D eigenvalue weighted by atomic mass is 19.4. The van der Waals surface area contributed by atoms with E-state index in [0.29, 0.717) is 0 Å². The van der Waals surface area contributed by atoms with Gasteiger partial charge in [-0.1, -0.05) is 5.16 Å². The number of urea groups is 1. The van der Waals surface area contributed by atoms with E-state index in [0.717, 1.165) is 4.90 Å². The molecule has 6 rings (SSSR count). The van der Waals surface area contributed by atoms with Crippen LogP contribution in [0.25, 0.3) is 5.78 Å². The van der Waals surface area contributed by atoms with Gasteiger partial charge in [-0.3, -0.25) is 4.79 Å². The molecule has 0 bridgehead atoms. The average molecular weight is 600 g/mol.